The van der Waals surface area contributed by atoms with Crippen molar-refractivity contribution < 1.29 is 4.39 Å². The molecule has 0 amide bonds. The van der Waals surface area contributed by atoms with E-state index in [9.17, 15) is 4.39 Å². The van der Waals surface area contributed by atoms with E-state index in [1.165, 1.54) is 23.0 Å². The molecule has 7 heteroatoms. The number of H-pyrrole nitrogens is 1. The summed E-state index contributed by atoms with van der Waals surface area (Å²) < 4.78 is 15.6. The van der Waals surface area contributed by atoms with E-state index in [1.807, 2.05) is 31.2 Å². The third-order valence-electron chi connectivity index (χ3n) is 3.34. The fourth-order valence-electron chi connectivity index (χ4n) is 2.15. The van der Waals surface area contributed by atoms with Crippen LogP contribution in [0.1, 0.15) is 11.1 Å². The van der Waals surface area contributed by atoms with Crippen LogP contribution in [0, 0.1) is 17.5 Å². The smallest absolute Gasteiger partial charge is 0.216 e. The Morgan fingerprint density at radius 2 is 2.04 bits per heavy atom. The largest absolute Gasteiger partial charge is 0.250 e. The van der Waals surface area contributed by atoms with E-state index in [2.05, 4.69) is 15.3 Å². The standard InChI is InChI=1S/C16H12ClFN4S/c1-10-5-2-3-6-11(10)15-20-21-16(23)22(15)19-9-12-13(17)7-4-8-14(12)18/h2-9H,1H3,(H,21,23)/b19-9+. The Kier molecular flexibility index (Phi) is 4.36. The highest BCUT2D eigenvalue weighted by Crippen LogP contribution is 2.22. The number of nitrogens with one attached hydrogen (secondary N) is 1. The Bertz CT molecular complexity index is 925. The summed E-state index contributed by atoms with van der Waals surface area (Å²) >= 11 is 11.2. The van der Waals surface area contributed by atoms with Crippen molar-refractivity contribution in [2.75, 3.05) is 0 Å². The molecule has 2 aromatic carbocycles. The van der Waals surface area contributed by atoms with Crippen molar-refractivity contribution in [2.24, 2.45) is 5.10 Å². The van der Waals surface area contributed by atoms with Crippen molar-refractivity contribution in [2.45, 2.75) is 6.92 Å². The third-order valence-corrected chi connectivity index (χ3v) is 3.93. The zero-order valence-electron chi connectivity index (χ0n) is 12.1. The molecule has 0 aliphatic heterocycles. The molecule has 0 atom stereocenters. The van der Waals surface area contributed by atoms with Crippen LogP contribution in [0.2, 0.25) is 5.02 Å². The molecular formula is C16H12ClFN4S. The number of aromatic amines is 1. The average Bonchev–Trinajstić information content (AvgIpc) is 2.88. The van der Waals surface area contributed by atoms with Crippen molar-refractivity contribution in [1.29, 1.82) is 0 Å². The zero-order chi connectivity index (χ0) is 16.4. The van der Waals surface area contributed by atoms with Gasteiger partial charge in [0.1, 0.15) is 5.82 Å². The predicted octanol–water partition coefficient (Wildman–Crippen LogP) is 4.59. The Balaban J connectivity index is 2.09. The number of hydrogen-bond acceptors (Lipinski definition) is 3. The van der Waals surface area contributed by atoms with Crippen LogP contribution in [-0.2, 0) is 0 Å². The van der Waals surface area contributed by atoms with Gasteiger partial charge in [-0.2, -0.15) is 14.9 Å². The molecule has 1 aromatic heterocycles. The fourth-order valence-corrected chi connectivity index (χ4v) is 2.54. The maximum absolute atomic E-state index is 13.8. The minimum absolute atomic E-state index is 0.202. The minimum Gasteiger partial charge on any atom is -0.250 e. The second-order valence-electron chi connectivity index (χ2n) is 4.86. The van der Waals surface area contributed by atoms with E-state index in [0.29, 0.717) is 10.6 Å². The Morgan fingerprint density at radius 3 is 2.78 bits per heavy atom. The van der Waals surface area contributed by atoms with E-state index in [4.69, 9.17) is 23.8 Å². The quantitative estimate of drug-likeness (QED) is 0.557. The topological polar surface area (TPSA) is 46.0 Å². The zero-order valence-corrected chi connectivity index (χ0v) is 13.7. The van der Waals surface area contributed by atoms with Crippen molar-refractivity contribution in [3.63, 3.8) is 0 Å². The van der Waals surface area contributed by atoms with Gasteiger partial charge in [-0.1, -0.05) is 41.9 Å². The first-order valence-corrected chi connectivity index (χ1v) is 7.58. The van der Waals surface area contributed by atoms with Crippen LogP contribution in [0.15, 0.2) is 47.6 Å². The van der Waals surface area contributed by atoms with Crippen LogP contribution < -0.4 is 0 Å². The molecular weight excluding hydrogens is 335 g/mol. The van der Waals surface area contributed by atoms with Gasteiger partial charge in [0.25, 0.3) is 0 Å². The molecule has 0 saturated carbocycles. The van der Waals surface area contributed by atoms with Crippen molar-refractivity contribution >= 4 is 30.0 Å². The molecule has 0 bridgehead atoms. The van der Waals surface area contributed by atoms with E-state index < -0.39 is 5.82 Å². The predicted molar refractivity (Wildman–Crippen MR) is 92.0 cm³/mol. The first-order chi connectivity index (χ1) is 11.1. The van der Waals surface area contributed by atoms with Crippen LogP contribution in [-0.4, -0.2) is 21.1 Å². The van der Waals surface area contributed by atoms with Gasteiger partial charge in [0, 0.05) is 11.1 Å². The van der Waals surface area contributed by atoms with Gasteiger partial charge in [0.15, 0.2) is 5.82 Å². The summed E-state index contributed by atoms with van der Waals surface area (Å²) in [4.78, 5) is 0. The lowest BCUT2D eigenvalue weighted by Gasteiger charge is -2.04. The van der Waals surface area contributed by atoms with Crippen LogP contribution in [0.5, 0.6) is 0 Å². The lowest BCUT2D eigenvalue weighted by Crippen LogP contribution is -1.98. The molecule has 0 unspecified atom stereocenters. The van der Waals surface area contributed by atoms with Gasteiger partial charge in [0.2, 0.25) is 4.77 Å². The van der Waals surface area contributed by atoms with Gasteiger partial charge >= 0.3 is 0 Å². The molecule has 0 fully saturated rings. The minimum atomic E-state index is -0.450. The van der Waals surface area contributed by atoms with E-state index >= 15 is 0 Å². The highest BCUT2D eigenvalue weighted by molar-refractivity contribution is 7.71. The normalized spacial score (nSPS) is 11.3. The number of aryl methyl sites for hydroxylation is 1. The first kappa shape index (κ1) is 15.6. The summed E-state index contributed by atoms with van der Waals surface area (Å²) in [6.07, 6.45) is 1.34. The monoisotopic (exact) mass is 346 g/mol. The Hall–Kier alpha value is -2.31. The van der Waals surface area contributed by atoms with Crippen molar-refractivity contribution in [1.82, 2.24) is 14.9 Å². The third kappa shape index (κ3) is 3.09. The molecule has 0 aliphatic carbocycles. The summed E-state index contributed by atoms with van der Waals surface area (Å²) in [6.45, 7) is 1.97. The van der Waals surface area contributed by atoms with Gasteiger partial charge in [-0.05, 0) is 36.8 Å². The molecule has 3 aromatic rings. The summed E-state index contributed by atoms with van der Waals surface area (Å²) in [5, 5.41) is 11.4. The summed E-state index contributed by atoms with van der Waals surface area (Å²) in [5.41, 5.74) is 2.12. The van der Waals surface area contributed by atoms with E-state index in [-0.39, 0.29) is 10.6 Å². The molecule has 4 nitrogen and oxygen atoms in total. The molecule has 3 rings (SSSR count). The summed E-state index contributed by atoms with van der Waals surface area (Å²) in [6, 6.07) is 12.2. The Morgan fingerprint density at radius 1 is 1.26 bits per heavy atom. The number of nitrogens with zero attached hydrogens (tertiary/aromatic N) is 3. The van der Waals surface area contributed by atoms with Crippen LogP contribution in [0.4, 0.5) is 4.39 Å². The lowest BCUT2D eigenvalue weighted by molar-refractivity contribution is 0.625. The number of benzene rings is 2. The maximum atomic E-state index is 13.8. The number of hydrogen-bond donors (Lipinski definition) is 1. The molecule has 116 valence electrons. The lowest BCUT2D eigenvalue weighted by atomic mass is 10.1. The first-order valence-electron chi connectivity index (χ1n) is 6.79. The van der Waals surface area contributed by atoms with Crippen molar-refractivity contribution in [3.8, 4) is 11.4 Å². The molecule has 1 heterocycles. The number of rotatable bonds is 3. The molecule has 0 saturated heterocycles. The Labute approximate surface area is 142 Å². The van der Waals surface area contributed by atoms with Crippen LogP contribution >= 0.6 is 23.8 Å². The second-order valence-corrected chi connectivity index (χ2v) is 5.65. The number of halogens is 2. The fraction of sp³-hybridized carbons (Fsp3) is 0.0625. The van der Waals surface area contributed by atoms with Gasteiger partial charge < -0.3 is 0 Å². The van der Waals surface area contributed by atoms with Gasteiger partial charge in [-0.3, -0.25) is 0 Å². The van der Waals surface area contributed by atoms with Crippen LogP contribution in [0.25, 0.3) is 11.4 Å². The van der Waals surface area contributed by atoms with E-state index in [0.717, 1.165) is 11.1 Å². The SMILES string of the molecule is Cc1ccccc1-c1n[nH]c(=S)n1/N=C/c1c(F)cccc1Cl. The van der Waals surface area contributed by atoms with E-state index in [1.54, 1.807) is 6.07 Å². The van der Waals surface area contributed by atoms with Gasteiger partial charge in [-0.15, -0.1) is 0 Å². The van der Waals surface area contributed by atoms with Gasteiger partial charge in [-0.25, -0.2) is 9.49 Å². The second kappa shape index (κ2) is 6.44. The average molecular weight is 347 g/mol. The molecule has 0 spiro atoms. The molecule has 0 radical (unpaired) electrons. The molecule has 23 heavy (non-hydrogen) atoms. The summed E-state index contributed by atoms with van der Waals surface area (Å²) in [5.74, 6) is 0.102. The molecule has 0 aliphatic rings. The van der Waals surface area contributed by atoms with Gasteiger partial charge in [0.05, 0.1) is 11.2 Å². The number of aromatic nitrogens is 3. The van der Waals surface area contributed by atoms with Crippen molar-refractivity contribution in [3.05, 3.63) is 69.2 Å². The van der Waals surface area contributed by atoms with Crippen LogP contribution in [0.3, 0.4) is 0 Å². The summed E-state index contributed by atoms with van der Waals surface area (Å²) in [7, 11) is 0. The highest BCUT2D eigenvalue weighted by atomic mass is 35.5. The highest BCUT2D eigenvalue weighted by Gasteiger charge is 2.11. The molecule has 1 N–H and O–H groups in total. The maximum Gasteiger partial charge on any atom is 0.216 e.